The summed E-state index contributed by atoms with van der Waals surface area (Å²) >= 11 is 0. The van der Waals surface area contributed by atoms with Gasteiger partial charge in [0.05, 0.1) is 0 Å². The molecule has 100 valence electrons. The maximum Gasteiger partial charge on any atom is 0.164 e. The summed E-state index contributed by atoms with van der Waals surface area (Å²) in [5.74, 6) is -1.96. The first-order chi connectivity index (χ1) is 9.68. The van der Waals surface area contributed by atoms with Crippen molar-refractivity contribution in [2.45, 2.75) is 6.10 Å². The van der Waals surface area contributed by atoms with Crippen molar-refractivity contribution in [3.8, 4) is 0 Å². The van der Waals surface area contributed by atoms with Gasteiger partial charge in [0, 0.05) is 5.56 Å². The zero-order valence-corrected chi connectivity index (χ0v) is 10.6. The molecule has 3 rings (SSSR count). The Balaban J connectivity index is 2.18. The minimum absolute atomic E-state index is 0.0543. The van der Waals surface area contributed by atoms with E-state index in [-0.39, 0.29) is 5.56 Å². The van der Waals surface area contributed by atoms with Gasteiger partial charge >= 0.3 is 0 Å². The molecule has 0 aliphatic carbocycles. The Morgan fingerprint density at radius 2 is 1.40 bits per heavy atom. The Morgan fingerprint density at radius 3 is 2.25 bits per heavy atom. The molecule has 0 saturated carbocycles. The number of benzene rings is 3. The second kappa shape index (κ2) is 5.02. The van der Waals surface area contributed by atoms with Gasteiger partial charge in [-0.05, 0) is 22.4 Å². The van der Waals surface area contributed by atoms with E-state index in [9.17, 15) is 13.9 Å². The Hall–Kier alpha value is -2.26. The largest absolute Gasteiger partial charge is 0.384 e. The number of rotatable bonds is 2. The third-order valence-electron chi connectivity index (χ3n) is 3.39. The average molecular weight is 270 g/mol. The van der Waals surface area contributed by atoms with Gasteiger partial charge in [0.25, 0.3) is 0 Å². The Kier molecular flexibility index (Phi) is 3.20. The highest BCUT2D eigenvalue weighted by Crippen LogP contribution is 2.30. The Labute approximate surface area is 115 Å². The molecule has 20 heavy (non-hydrogen) atoms. The quantitative estimate of drug-likeness (QED) is 0.740. The first-order valence-electron chi connectivity index (χ1n) is 6.28. The van der Waals surface area contributed by atoms with Crippen LogP contribution in [0, 0.1) is 11.6 Å². The van der Waals surface area contributed by atoms with Crippen molar-refractivity contribution in [1.82, 2.24) is 0 Å². The van der Waals surface area contributed by atoms with Gasteiger partial charge in [-0.25, -0.2) is 8.78 Å². The Morgan fingerprint density at radius 1 is 0.750 bits per heavy atom. The van der Waals surface area contributed by atoms with E-state index in [0.29, 0.717) is 5.56 Å². The highest BCUT2D eigenvalue weighted by Gasteiger charge is 2.19. The summed E-state index contributed by atoms with van der Waals surface area (Å²) in [6.45, 7) is 0. The van der Waals surface area contributed by atoms with Crippen molar-refractivity contribution in [2.24, 2.45) is 0 Å². The summed E-state index contributed by atoms with van der Waals surface area (Å²) in [6, 6.07) is 16.7. The van der Waals surface area contributed by atoms with E-state index >= 15 is 0 Å². The van der Waals surface area contributed by atoms with Crippen molar-refractivity contribution in [1.29, 1.82) is 0 Å². The number of hydrogen-bond acceptors (Lipinski definition) is 1. The van der Waals surface area contributed by atoms with Gasteiger partial charge < -0.3 is 5.11 Å². The van der Waals surface area contributed by atoms with Crippen LogP contribution in [0.3, 0.4) is 0 Å². The van der Waals surface area contributed by atoms with Crippen molar-refractivity contribution in [2.75, 3.05) is 0 Å². The van der Waals surface area contributed by atoms with Crippen LogP contribution < -0.4 is 0 Å². The monoisotopic (exact) mass is 270 g/mol. The van der Waals surface area contributed by atoms with Crippen molar-refractivity contribution in [3.05, 3.63) is 83.4 Å². The van der Waals surface area contributed by atoms with Gasteiger partial charge in [-0.3, -0.25) is 0 Å². The lowest BCUT2D eigenvalue weighted by molar-refractivity contribution is 0.215. The standard InChI is InChI=1S/C17H12F2O/c18-15-10-4-9-14(16(15)19)17(20)13-8-3-6-11-5-1-2-7-12(11)13/h1-10,17,20H. The molecule has 0 fully saturated rings. The molecule has 0 spiro atoms. The van der Waals surface area contributed by atoms with Crippen LogP contribution in [0.15, 0.2) is 60.7 Å². The predicted octanol–water partition coefficient (Wildman–Crippen LogP) is 4.20. The molecule has 1 atom stereocenters. The van der Waals surface area contributed by atoms with Crippen LogP contribution in [0.25, 0.3) is 10.8 Å². The topological polar surface area (TPSA) is 20.2 Å². The first-order valence-corrected chi connectivity index (χ1v) is 6.28. The number of fused-ring (bicyclic) bond motifs is 1. The maximum absolute atomic E-state index is 13.8. The van der Waals surface area contributed by atoms with E-state index in [2.05, 4.69) is 0 Å². The lowest BCUT2D eigenvalue weighted by Crippen LogP contribution is -2.04. The fraction of sp³-hybridized carbons (Fsp3) is 0.0588. The second-order valence-electron chi connectivity index (χ2n) is 4.61. The van der Waals surface area contributed by atoms with Crippen LogP contribution in [-0.2, 0) is 0 Å². The van der Waals surface area contributed by atoms with E-state index in [1.807, 2.05) is 30.3 Å². The van der Waals surface area contributed by atoms with Crippen LogP contribution in [0.1, 0.15) is 17.2 Å². The fourth-order valence-corrected chi connectivity index (χ4v) is 2.39. The summed E-state index contributed by atoms with van der Waals surface area (Å²) in [5, 5.41) is 12.2. The van der Waals surface area contributed by atoms with Crippen LogP contribution in [0.4, 0.5) is 8.78 Å². The fourth-order valence-electron chi connectivity index (χ4n) is 2.39. The Bertz CT molecular complexity index is 763. The van der Waals surface area contributed by atoms with E-state index in [1.54, 1.807) is 12.1 Å². The SMILES string of the molecule is OC(c1cccc(F)c1F)c1cccc2ccccc12. The zero-order chi connectivity index (χ0) is 14.1. The predicted molar refractivity (Wildman–Crippen MR) is 74.4 cm³/mol. The molecular formula is C17H12F2O. The molecular weight excluding hydrogens is 258 g/mol. The second-order valence-corrected chi connectivity index (χ2v) is 4.61. The minimum Gasteiger partial charge on any atom is -0.384 e. The van der Waals surface area contributed by atoms with Crippen LogP contribution in [-0.4, -0.2) is 5.11 Å². The summed E-state index contributed by atoms with van der Waals surface area (Å²) in [7, 11) is 0. The summed E-state index contributed by atoms with van der Waals surface area (Å²) in [4.78, 5) is 0. The molecule has 0 aliphatic rings. The molecule has 3 aromatic carbocycles. The van der Waals surface area contributed by atoms with Crippen LogP contribution in [0.2, 0.25) is 0 Å². The minimum atomic E-state index is -1.20. The molecule has 0 aromatic heterocycles. The van der Waals surface area contributed by atoms with E-state index in [1.165, 1.54) is 12.1 Å². The van der Waals surface area contributed by atoms with Gasteiger partial charge in [0.15, 0.2) is 11.6 Å². The van der Waals surface area contributed by atoms with Crippen LogP contribution >= 0.6 is 0 Å². The summed E-state index contributed by atoms with van der Waals surface area (Å²) in [5.41, 5.74) is 0.508. The summed E-state index contributed by atoms with van der Waals surface area (Å²) in [6.07, 6.45) is -1.20. The molecule has 3 aromatic rings. The number of aliphatic hydroxyl groups is 1. The molecule has 0 aliphatic heterocycles. The molecule has 0 amide bonds. The summed E-state index contributed by atoms with van der Waals surface area (Å²) < 4.78 is 27.1. The van der Waals surface area contributed by atoms with Gasteiger partial charge in [-0.1, -0.05) is 54.6 Å². The molecule has 3 heteroatoms. The number of hydrogen-bond donors (Lipinski definition) is 1. The molecule has 0 radical (unpaired) electrons. The van der Waals surface area contributed by atoms with Gasteiger partial charge in [0.1, 0.15) is 6.10 Å². The smallest absolute Gasteiger partial charge is 0.164 e. The van der Waals surface area contributed by atoms with Crippen molar-refractivity contribution < 1.29 is 13.9 Å². The van der Waals surface area contributed by atoms with Crippen LogP contribution in [0.5, 0.6) is 0 Å². The lowest BCUT2D eigenvalue weighted by Gasteiger charge is -2.15. The molecule has 0 bridgehead atoms. The van der Waals surface area contributed by atoms with Crippen molar-refractivity contribution in [3.63, 3.8) is 0 Å². The lowest BCUT2D eigenvalue weighted by atomic mass is 9.95. The van der Waals surface area contributed by atoms with Crippen molar-refractivity contribution >= 4 is 10.8 Å². The number of aliphatic hydroxyl groups excluding tert-OH is 1. The maximum atomic E-state index is 13.8. The molecule has 1 N–H and O–H groups in total. The molecule has 0 saturated heterocycles. The zero-order valence-electron chi connectivity index (χ0n) is 10.6. The van der Waals surface area contributed by atoms with Gasteiger partial charge in [-0.15, -0.1) is 0 Å². The highest BCUT2D eigenvalue weighted by atomic mass is 19.2. The third-order valence-corrected chi connectivity index (χ3v) is 3.39. The van der Waals surface area contributed by atoms with E-state index in [0.717, 1.165) is 16.8 Å². The van der Waals surface area contributed by atoms with Gasteiger partial charge in [-0.2, -0.15) is 0 Å². The van der Waals surface area contributed by atoms with E-state index < -0.39 is 17.7 Å². The average Bonchev–Trinajstić information content (AvgIpc) is 2.49. The number of halogens is 2. The van der Waals surface area contributed by atoms with Gasteiger partial charge in [0.2, 0.25) is 0 Å². The van der Waals surface area contributed by atoms with E-state index in [4.69, 9.17) is 0 Å². The molecule has 1 unspecified atom stereocenters. The molecule has 1 nitrogen and oxygen atoms in total. The highest BCUT2D eigenvalue weighted by molar-refractivity contribution is 5.86. The molecule has 0 heterocycles. The third kappa shape index (κ3) is 2.06. The first kappa shape index (κ1) is 12.8. The normalized spacial score (nSPS) is 12.6.